The van der Waals surface area contributed by atoms with Crippen molar-refractivity contribution in [3.63, 3.8) is 0 Å². The predicted molar refractivity (Wildman–Crippen MR) is 62.8 cm³/mol. The fraction of sp³-hybridized carbons (Fsp3) is 0.111. The zero-order valence-electron chi connectivity index (χ0n) is 7.29. The maximum Gasteiger partial charge on any atom is 0.183 e. The van der Waals surface area contributed by atoms with Gasteiger partial charge in [0.05, 0.1) is 0 Å². The number of hydrogen-bond donors (Lipinski definition) is 0. The van der Waals surface area contributed by atoms with E-state index in [4.69, 9.17) is 11.6 Å². The number of rotatable bonds is 1. The Bertz CT molecular complexity index is 470. The van der Waals surface area contributed by atoms with Crippen molar-refractivity contribution in [2.75, 3.05) is 0 Å². The first-order valence-corrected chi connectivity index (χ1v) is 5.91. The lowest BCUT2D eigenvalue weighted by Crippen LogP contribution is -1.82. The maximum atomic E-state index is 5.87. The number of aryl methyl sites for hydroxylation is 1. The second-order valence-electron chi connectivity index (χ2n) is 2.82. The van der Waals surface area contributed by atoms with E-state index in [0.29, 0.717) is 0 Å². The zero-order chi connectivity index (χ0) is 10.1. The van der Waals surface area contributed by atoms with Gasteiger partial charge in [0, 0.05) is 10.6 Å². The minimum Gasteiger partial charge on any atom is -0.137 e. The lowest BCUT2D eigenvalue weighted by atomic mass is 10.1. The van der Waals surface area contributed by atoms with E-state index in [9.17, 15) is 0 Å². The molecule has 1 heterocycles. The topological polar surface area (TPSA) is 25.8 Å². The van der Waals surface area contributed by atoms with Gasteiger partial charge in [-0.15, -0.1) is 10.2 Å². The van der Waals surface area contributed by atoms with Crippen LogP contribution in [-0.4, -0.2) is 10.2 Å². The van der Waals surface area contributed by atoms with E-state index < -0.39 is 0 Å². The van der Waals surface area contributed by atoms with Gasteiger partial charge in [0.1, 0.15) is 5.01 Å². The first-order chi connectivity index (χ1) is 6.66. The van der Waals surface area contributed by atoms with Gasteiger partial charge in [-0.2, -0.15) is 0 Å². The predicted octanol–water partition coefficient (Wildman–Crippen LogP) is 3.93. The van der Waals surface area contributed by atoms with Crippen molar-refractivity contribution < 1.29 is 0 Å². The molecule has 14 heavy (non-hydrogen) atoms. The lowest BCUT2D eigenvalue weighted by molar-refractivity contribution is 1.07. The molecule has 0 aliphatic carbocycles. The van der Waals surface area contributed by atoms with Crippen LogP contribution in [0.3, 0.4) is 0 Å². The number of hydrogen-bond acceptors (Lipinski definition) is 3. The number of halogens is 2. The van der Waals surface area contributed by atoms with Gasteiger partial charge in [0.2, 0.25) is 0 Å². The van der Waals surface area contributed by atoms with Crippen LogP contribution in [0.1, 0.15) is 5.56 Å². The molecule has 1 aromatic heterocycles. The van der Waals surface area contributed by atoms with E-state index in [1.807, 2.05) is 25.1 Å². The Labute approximate surface area is 99.1 Å². The minimum absolute atomic E-state index is 0.745. The normalized spacial score (nSPS) is 10.5. The Morgan fingerprint density at radius 2 is 2.14 bits per heavy atom. The third kappa shape index (κ3) is 1.97. The van der Waals surface area contributed by atoms with Gasteiger partial charge in [-0.3, -0.25) is 0 Å². The van der Waals surface area contributed by atoms with Gasteiger partial charge in [-0.05, 0) is 40.5 Å². The second kappa shape index (κ2) is 3.96. The van der Waals surface area contributed by atoms with Crippen LogP contribution in [0.2, 0.25) is 5.02 Å². The van der Waals surface area contributed by atoms with Gasteiger partial charge >= 0.3 is 0 Å². The van der Waals surface area contributed by atoms with E-state index in [2.05, 4.69) is 26.1 Å². The molecule has 72 valence electrons. The van der Waals surface area contributed by atoms with Gasteiger partial charge in [0.15, 0.2) is 3.92 Å². The summed E-state index contributed by atoms with van der Waals surface area (Å²) in [7, 11) is 0. The molecule has 0 amide bonds. The van der Waals surface area contributed by atoms with Gasteiger partial charge in [-0.25, -0.2) is 0 Å². The quantitative estimate of drug-likeness (QED) is 0.795. The molecule has 0 radical (unpaired) electrons. The molecule has 2 nitrogen and oxygen atoms in total. The molecular formula is C9H6BrClN2S. The van der Waals surface area contributed by atoms with Crippen LogP contribution in [0.15, 0.2) is 22.1 Å². The molecule has 0 spiro atoms. The lowest BCUT2D eigenvalue weighted by Gasteiger charge is -2.00. The summed E-state index contributed by atoms with van der Waals surface area (Å²) in [6.45, 7) is 2.01. The van der Waals surface area contributed by atoms with E-state index in [0.717, 1.165) is 25.1 Å². The zero-order valence-corrected chi connectivity index (χ0v) is 10.4. The smallest absolute Gasteiger partial charge is 0.137 e. The first-order valence-electron chi connectivity index (χ1n) is 3.92. The van der Waals surface area contributed by atoms with Gasteiger partial charge in [0.25, 0.3) is 0 Å². The maximum absolute atomic E-state index is 5.87. The van der Waals surface area contributed by atoms with Crippen molar-refractivity contribution in [2.24, 2.45) is 0 Å². The summed E-state index contributed by atoms with van der Waals surface area (Å²) in [5, 5.41) is 9.62. The highest BCUT2D eigenvalue weighted by atomic mass is 79.9. The van der Waals surface area contributed by atoms with E-state index in [1.165, 1.54) is 11.3 Å². The summed E-state index contributed by atoms with van der Waals surface area (Å²) in [4.78, 5) is 0. The first kappa shape index (κ1) is 10.1. The molecule has 2 aromatic rings. The van der Waals surface area contributed by atoms with Crippen molar-refractivity contribution in [3.05, 3.63) is 32.7 Å². The Balaban J connectivity index is 2.52. The highest BCUT2D eigenvalue weighted by molar-refractivity contribution is 9.11. The molecule has 0 saturated heterocycles. The Morgan fingerprint density at radius 3 is 2.71 bits per heavy atom. The van der Waals surface area contributed by atoms with Crippen molar-refractivity contribution in [2.45, 2.75) is 6.92 Å². The van der Waals surface area contributed by atoms with Crippen molar-refractivity contribution in [3.8, 4) is 10.6 Å². The molecule has 0 atom stereocenters. The van der Waals surface area contributed by atoms with Crippen LogP contribution in [-0.2, 0) is 0 Å². The highest BCUT2D eigenvalue weighted by Gasteiger charge is 2.07. The van der Waals surface area contributed by atoms with Crippen molar-refractivity contribution in [1.29, 1.82) is 0 Å². The van der Waals surface area contributed by atoms with Gasteiger partial charge in [-0.1, -0.05) is 29.0 Å². The van der Waals surface area contributed by atoms with E-state index in [-0.39, 0.29) is 0 Å². The average Bonchev–Trinajstić information content (AvgIpc) is 2.51. The van der Waals surface area contributed by atoms with Crippen LogP contribution in [0.4, 0.5) is 0 Å². The molecule has 0 unspecified atom stereocenters. The monoisotopic (exact) mass is 288 g/mol. The van der Waals surface area contributed by atoms with Crippen LogP contribution >= 0.6 is 38.9 Å². The summed E-state index contributed by atoms with van der Waals surface area (Å²) in [6.07, 6.45) is 0. The summed E-state index contributed by atoms with van der Waals surface area (Å²) in [6, 6.07) is 5.75. The van der Waals surface area contributed by atoms with E-state index in [1.54, 1.807) is 0 Å². The molecule has 0 bridgehead atoms. The number of benzene rings is 1. The Morgan fingerprint density at radius 1 is 1.36 bits per heavy atom. The van der Waals surface area contributed by atoms with Crippen LogP contribution < -0.4 is 0 Å². The van der Waals surface area contributed by atoms with Crippen LogP contribution in [0, 0.1) is 6.92 Å². The average molecular weight is 290 g/mol. The molecule has 1 aromatic carbocycles. The van der Waals surface area contributed by atoms with E-state index >= 15 is 0 Å². The Kier molecular flexibility index (Phi) is 2.85. The fourth-order valence-corrected chi connectivity index (χ4v) is 2.61. The van der Waals surface area contributed by atoms with Crippen molar-refractivity contribution >= 4 is 38.9 Å². The standard InChI is InChI=1S/C9H6BrClN2S/c1-5-4-6(11)2-3-7(5)8-12-13-9(10)14-8/h2-4H,1H3. The molecule has 2 rings (SSSR count). The summed E-state index contributed by atoms with van der Waals surface area (Å²) in [5.74, 6) is 0. The number of nitrogens with zero attached hydrogens (tertiary/aromatic N) is 2. The molecule has 0 aliphatic heterocycles. The third-order valence-corrected chi connectivity index (χ3v) is 3.44. The van der Waals surface area contributed by atoms with Crippen LogP contribution in [0.25, 0.3) is 10.6 Å². The second-order valence-corrected chi connectivity index (χ2v) is 5.51. The molecular weight excluding hydrogens is 284 g/mol. The summed E-state index contributed by atoms with van der Waals surface area (Å²) >= 11 is 10.7. The Hall–Kier alpha value is -0.450. The summed E-state index contributed by atoms with van der Waals surface area (Å²) < 4.78 is 0.793. The fourth-order valence-electron chi connectivity index (χ4n) is 1.18. The van der Waals surface area contributed by atoms with Crippen molar-refractivity contribution in [1.82, 2.24) is 10.2 Å². The molecule has 0 N–H and O–H groups in total. The molecule has 5 heteroatoms. The summed E-state index contributed by atoms with van der Waals surface area (Å²) in [5.41, 5.74) is 2.19. The SMILES string of the molecule is Cc1cc(Cl)ccc1-c1nnc(Br)s1. The largest absolute Gasteiger partial charge is 0.183 e. The molecule has 0 fully saturated rings. The minimum atomic E-state index is 0.745. The number of aromatic nitrogens is 2. The third-order valence-electron chi connectivity index (χ3n) is 1.82. The van der Waals surface area contributed by atoms with Crippen LogP contribution in [0.5, 0.6) is 0 Å². The molecule has 0 saturated carbocycles. The highest BCUT2D eigenvalue weighted by Crippen LogP contribution is 2.30. The molecule has 0 aliphatic rings. The van der Waals surface area contributed by atoms with Gasteiger partial charge < -0.3 is 0 Å².